The number of halogens is 1. The van der Waals surface area contributed by atoms with Crippen molar-refractivity contribution in [2.75, 3.05) is 24.6 Å². The summed E-state index contributed by atoms with van der Waals surface area (Å²) in [6.07, 6.45) is -0.117. The van der Waals surface area contributed by atoms with Gasteiger partial charge in [0.25, 0.3) is 5.91 Å². The van der Waals surface area contributed by atoms with Crippen molar-refractivity contribution < 1.29 is 19.4 Å². The summed E-state index contributed by atoms with van der Waals surface area (Å²) < 4.78 is 5.97. The van der Waals surface area contributed by atoms with Crippen LogP contribution in [0.25, 0.3) is 11.3 Å². The van der Waals surface area contributed by atoms with Gasteiger partial charge in [-0.3, -0.25) is 9.59 Å². The van der Waals surface area contributed by atoms with Crippen LogP contribution in [0.15, 0.2) is 72.8 Å². The van der Waals surface area contributed by atoms with E-state index in [-0.39, 0.29) is 18.9 Å². The van der Waals surface area contributed by atoms with Crippen molar-refractivity contribution in [2.45, 2.75) is 26.8 Å². The maximum atomic E-state index is 12.3. The topological polar surface area (TPSA) is 91.8 Å². The van der Waals surface area contributed by atoms with Gasteiger partial charge >= 0.3 is 5.97 Å². The van der Waals surface area contributed by atoms with Crippen LogP contribution in [0.5, 0.6) is 5.75 Å². The molecule has 0 atom stereocenters. The van der Waals surface area contributed by atoms with E-state index in [1.165, 1.54) is 0 Å². The number of aliphatic carboxylic acids is 1. The van der Waals surface area contributed by atoms with Gasteiger partial charge in [-0.25, -0.2) is 4.98 Å². The average Bonchev–Trinajstić information content (AvgIpc) is 3.31. The van der Waals surface area contributed by atoms with E-state index >= 15 is 0 Å². The number of para-hydroxylation sites is 1. The fourth-order valence-electron chi connectivity index (χ4n) is 3.93. The molecule has 0 saturated heterocycles. The van der Waals surface area contributed by atoms with E-state index in [2.05, 4.69) is 17.1 Å². The highest BCUT2D eigenvalue weighted by Gasteiger charge is 2.17. The molecule has 1 heterocycles. The number of thiazole rings is 1. The number of amides is 1. The smallest absolute Gasteiger partial charge is 0.305 e. The third-order valence-corrected chi connectivity index (χ3v) is 7.53. The summed E-state index contributed by atoms with van der Waals surface area (Å²) in [5, 5.41) is 13.0. The molecule has 7 nitrogen and oxygen atoms in total. The van der Waals surface area contributed by atoms with Crippen LogP contribution in [-0.2, 0) is 11.3 Å². The summed E-state index contributed by atoms with van der Waals surface area (Å²) >= 11 is 8.01. The van der Waals surface area contributed by atoms with Crippen LogP contribution >= 0.6 is 22.9 Å². The standard InChI is InChI=1S/C30H30ClN3O4S/c1-20-8-11-24(18-26(20)31)28-21(2)39-30(33-28)34(16-17-38-25-6-4-3-5-7-25)19-22-9-12-23(13-10-22)29(37)32-15-14-27(35)36/h3-13,18H,14-17,19H2,1-2H3,(H,32,37)(H,35,36). The Morgan fingerprint density at radius 1 is 1.05 bits per heavy atom. The van der Waals surface area contributed by atoms with Crippen LogP contribution in [0.4, 0.5) is 5.13 Å². The number of anilines is 1. The lowest BCUT2D eigenvalue weighted by molar-refractivity contribution is -0.136. The lowest BCUT2D eigenvalue weighted by Crippen LogP contribution is -2.28. The number of carbonyl (C=O) groups excluding carboxylic acids is 1. The van der Waals surface area contributed by atoms with E-state index < -0.39 is 5.97 Å². The zero-order chi connectivity index (χ0) is 27.8. The fraction of sp³-hybridized carbons (Fsp3) is 0.233. The Kier molecular flexibility index (Phi) is 9.57. The van der Waals surface area contributed by atoms with Gasteiger partial charge in [0.1, 0.15) is 12.4 Å². The molecule has 0 fully saturated rings. The Balaban J connectivity index is 1.52. The highest BCUT2D eigenvalue weighted by molar-refractivity contribution is 7.16. The number of carbonyl (C=O) groups is 2. The normalized spacial score (nSPS) is 10.7. The van der Waals surface area contributed by atoms with Crippen LogP contribution in [0.3, 0.4) is 0 Å². The Morgan fingerprint density at radius 2 is 1.79 bits per heavy atom. The molecular formula is C30H30ClN3O4S. The van der Waals surface area contributed by atoms with Gasteiger partial charge in [0.05, 0.1) is 18.7 Å². The molecule has 2 N–H and O–H groups in total. The molecule has 1 aromatic heterocycles. The van der Waals surface area contributed by atoms with Crippen molar-refractivity contribution in [2.24, 2.45) is 0 Å². The quantitative estimate of drug-likeness (QED) is 0.208. The van der Waals surface area contributed by atoms with Crippen molar-refractivity contribution in [3.63, 3.8) is 0 Å². The highest BCUT2D eigenvalue weighted by atomic mass is 35.5. The van der Waals surface area contributed by atoms with Gasteiger partial charge in [0.15, 0.2) is 5.13 Å². The van der Waals surface area contributed by atoms with Crippen LogP contribution in [0, 0.1) is 13.8 Å². The second-order valence-electron chi connectivity index (χ2n) is 9.04. The number of aryl methyl sites for hydroxylation is 2. The molecule has 0 unspecified atom stereocenters. The first-order valence-electron chi connectivity index (χ1n) is 12.6. The predicted molar refractivity (Wildman–Crippen MR) is 156 cm³/mol. The second-order valence-corrected chi connectivity index (χ2v) is 10.6. The number of hydrogen-bond donors (Lipinski definition) is 2. The molecule has 3 aromatic carbocycles. The van der Waals surface area contributed by atoms with E-state index in [0.29, 0.717) is 30.3 Å². The maximum absolute atomic E-state index is 12.3. The number of nitrogens with one attached hydrogen (secondary N) is 1. The number of ether oxygens (including phenoxy) is 1. The minimum absolute atomic E-state index is 0.0863. The molecule has 39 heavy (non-hydrogen) atoms. The van der Waals surface area contributed by atoms with Crippen LogP contribution in [0.2, 0.25) is 5.02 Å². The zero-order valence-electron chi connectivity index (χ0n) is 21.8. The van der Waals surface area contributed by atoms with E-state index in [9.17, 15) is 9.59 Å². The molecule has 9 heteroatoms. The van der Waals surface area contributed by atoms with Gasteiger partial charge in [-0.15, -0.1) is 11.3 Å². The molecule has 4 aromatic rings. The van der Waals surface area contributed by atoms with Gasteiger partial charge in [0, 0.05) is 34.1 Å². The van der Waals surface area contributed by atoms with Crippen molar-refractivity contribution in [1.82, 2.24) is 10.3 Å². The first-order valence-corrected chi connectivity index (χ1v) is 13.8. The van der Waals surface area contributed by atoms with Crippen LogP contribution in [-0.4, -0.2) is 41.7 Å². The second kappa shape index (κ2) is 13.3. The largest absolute Gasteiger partial charge is 0.492 e. The summed E-state index contributed by atoms with van der Waals surface area (Å²) in [5.41, 5.74) is 4.38. The summed E-state index contributed by atoms with van der Waals surface area (Å²) in [4.78, 5) is 31.3. The molecular weight excluding hydrogens is 534 g/mol. The van der Waals surface area contributed by atoms with Crippen LogP contribution in [0.1, 0.15) is 32.8 Å². The van der Waals surface area contributed by atoms with Gasteiger partial charge in [-0.1, -0.05) is 54.1 Å². The summed E-state index contributed by atoms with van der Waals surface area (Å²) in [5.74, 6) is -0.443. The average molecular weight is 564 g/mol. The van der Waals surface area contributed by atoms with Crippen molar-refractivity contribution in [3.05, 3.63) is 99.4 Å². The number of hydrogen-bond acceptors (Lipinski definition) is 6. The fourth-order valence-corrected chi connectivity index (χ4v) is 5.06. The molecule has 0 bridgehead atoms. The molecule has 0 spiro atoms. The Bertz CT molecular complexity index is 1420. The first kappa shape index (κ1) is 28.1. The first-order chi connectivity index (χ1) is 18.8. The molecule has 0 radical (unpaired) electrons. The number of aromatic nitrogens is 1. The Hall–Kier alpha value is -3.88. The lowest BCUT2D eigenvalue weighted by atomic mass is 10.1. The van der Waals surface area contributed by atoms with Crippen LogP contribution < -0.4 is 15.0 Å². The summed E-state index contributed by atoms with van der Waals surface area (Å²) in [7, 11) is 0. The molecule has 1 amide bonds. The van der Waals surface area contributed by atoms with E-state index in [1.54, 1.807) is 23.5 Å². The van der Waals surface area contributed by atoms with E-state index in [1.807, 2.05) is 67.6 Å². The zero-order valence-corrected chi connectivity index (χ0v) is 23.4. The van der Waals surface area contributed by atoms with Gasteiger partial charge in [0.2, 0.25) is 0 Å². The minimum atomic E-state index is -0.951. The van der Waals surface area contributed by atoms with E-state index in [0.717, 1.165) is 38.1 Å². The minimum Gasteiger partial charge on any atom is -0.492 e. The monoisotopic (exact) mass is 563 g/mol. The van der Waals surface area contributed by atoms with Gasteiger partial charge in [-0.05, 0) is 55.3 Å². The SMILES string of the molecule is Cc1ccc(-c2nc(N(CCOc3ccccc3)Cc3ccc(C(=O)NCCC(=O)O)cc3)sc2C)cc1Cl. The van der Waals surface area contributed by atoms with Crippen molar-refractivity contribution in [1.29, 1.82) is 0 Å². The Labute approximate surface area is 237 Å². The number of carboxylic acid groups (broad SMARTS) is 1. The third-order valence-electron chi connectivity index (χ3n) is 6.09. The van der Waals surface area contributed by atoms with Crippen molar-refractivity contribution in [3.8, 4) is 17.0 Å². The van der Waals surface area contributed by atoms with Gasteiger partial charge in [-0.2, -0.15) is 0 Å². The molecule has 0 aliphatic heterocycles. The number of nitrogens with zero attached hydrogens (tertiary/aromatic N) is 2. The predicted octanol–water partition coefficient (Wildman–Crippen LogP) is 6.37. The molecule has 4 rings (SSSR count). The molecule has 0 saturated carbocycles. The Morgan fingerprint density at radius 3 is 2.49 bits per heavy atom. The molecule has 0 aliphatic carbocycles. The summed E-state index contributed by atoms with van der Waals surface area (Å²) in [6, 6.07) is 23.0. The van der Waals surface area contributed by atoms with Gasteiger partial charge < -0.3 is 20.1 Å². The van der Waals surface area contributed by atoms with E-state index in [4.69, 9.17) is 26.4 Å². The third kappa shape index (κ3) is 7.81. The lowest BCUT2D eigenvalue weighted by Gasteiger charge is -2.22. The molecule has 0 aliphatic rings. The number of rotatable bonds is 12. The summed E-state index contributed by atoms with van der Waals surface area (Å²) in [6.45, 7) is 5.76. The van der Waals surface area contributed by atoms with Crippen molar-refractivity contribution >= 4 is 39.9 Å². The number of carboxylic acids is 1. The highest BCUT2D eigenvalue weighted by Crippen LogP contribution is 2.34. The number of benzene rings is 3. The maximum Gasteiger partial charge on any atom is 0.305 e. The molecule has 202 valence electrons.